The Morgan fingerprint density at radius 1 is 1.46 bits per heavy atom. The zero-order chi connectivity index (χ0) is 9.10. The lowest BCUT2D eigenvalue weighted by atomic mass is 10.3. The number of thiophene rings is 1. The maximum atomic E-state index is 4.11. The van der Waals surface area contributed by atoms with E-state index in [0.29, 0.717) is 0 Å². The topological polar surface area (TPSA) is 28.7 Å². The fourth-order valence-electron chi connectivity index (χ4n) is 1.08. The third-order valence-electron chi connectivity index (χ3n) is 1.72. The van der Waals surface area contributed by atoms with E-state index in [0.717, 1.165) is 11.5 Å². The number of hydrogen-bond donors (Lipinski definition) is 1. The van der Waals surface area contributed by atoms with Crippen LogP contribution in [0.5, 0.6) is 0 Å². The first-order valence-corrected chi connectivity index (χ1v) is 5.01. The summed E-state index contributed by atoms with van der Waals surface area (Å²) in [5.41, 5.74) is 2.28. The number of imidazole rings is 1. The number of nitrogens with one attached hydrogen (secondary N) is 1. The molecule has 0 atom stereocenters. The fraction of sp³-hybridized carbons (Fsp3) is 0.100. The Morgan fingerprint density at radius 2 is 2.38 bits per heavy atom. The molecule has 0 fully saturated rings. The summed E-state index contributed by atoms with van der Waals surface area (Å²) >= 11 is 1.70. The maximum Gasteiger partial charge on any atom is 0.103 e. The van der Waals surface area contributed by atoms with Crippen LogP contribution in [0.1, 0.15) is 17.1 Å². The summed E-state index contributed by atoms with van der Waals surface area (Å²) in [5, 5.41) is 4.18. The van der Waals surface area contributed by atoms with Crippen molar-refractivity contribution in [2.45, 2.75) is 6.92 Å². The molecule has 2 heterocycles. The molecule has 3 heteroatoms. The first-order chi connectivity index (χ1) is 6.34. The highest BCUT2D eigenvalue weighted by Crippen LogP contribution is 2.10. The molecule has 0 aliphatic carbocycles. The van der Waals surface area contributed by atoms with Crippen LogP contribution in [0.25, 0.3) is 12.2 Å². The Hall–Kier alpha value is -1.35. The summed E-state index contributed by atoms with van der Waals surface area (Å²) in [7, 11) is 0. The molecule has 13 heavy (non-hydrogen) atoms. The molecule has 0 saturated heterocycles. The average molecular weight is 190 g/mol. The molecule has 2 rings (SSSR count). The van der Waals surface area contributed by atoms with Crippen molar-refractivity contribution in [3.63, 3.8) is 0 Å². The minimum absolute atomic E-state index is 0.949. The van der Waals surface area contributed by atoms with Crippen LogP contribution in [0.4, 0.5) is 0 Å². The Balaban J connectivity index is 2.14. The number of hydrogen-bond acceptors (Lipinski definition) is 2. The smallest absolute Gasteiger partial charge is 0.103 e. The van der Waals surface area contributed by atoms with Gasteiger partial charge in [0.1, 0.15) is 5.82 Å². The van der Waals surface area contributed by atoms with Crippen LogP contribution in [0.2, 0.25) is 0 Å². The van der Waals surface area contributed by atoms with E-state index in [2.05, 4.69) is 32.9 Å². The van der Waals surface area contributed by atoms with Crippen molar-refractivity contribution >= 4 is 23.5 Å². The van der Waals surface area contributed by atoms with Gasteiger partial charge in [-0.25, -0.2) is 4.98 Å². The summed E-state index contributed by atoms with van der Waals surface area (Å²) in [4.78, 5) is 7.26. The van der Waals surface area contributed by atoms with Gasteiger partial charge in [0.15, 0.2) is 0 Å². The van der Waals surface area contributed by atoms with Gasteiger partial charge in [0.2, 0.25) is 0 Å². The number of aromatic nitrogens is 2. The Bertz CT molecular complexity index is 398. The molecule has 0 spiro atoms. The van der Waals surface area contributed by atoms with E-state index < -0.39 is 0 Å². The van der Waals surface area contributed by atoms with Crippen LogP contribution < -0.4 is 0 Å². The number of aromatic amines is 1. The number of nitrogens with zero attached hydrogens (tertiary/aromatic N) is 1. The van der Waals surface area contributed by atoms with Crippen LogP contribution in [-0.2, 0) is 0 Å². The van der Waals surface area contributed by atoms with Gasteiger partial charge >= 0.3 is 0 Å². The van der Waals surface area contributed by atoms with E-state index in [1.807, 2.05) is 19.2 Å². The molecule has 0 amide bonds. The van der Waals surface area contributed by atoms with Gasteiger partial charge in [-0.1, -0.05) is 6.08 Å². The molecular formula is C10H10N2S. The van der Waals surface area contributed by atoms with Crippen molar-refractivity contribution < 1.29 is 0 Å². The first kappa shape index (κ1) is 8.26. The van der Waals surface area contributed by atoms with Crippen molar-refractivity contribution in [2.75, 3.05) is 0 Å². The second-order valence-electron chi connectivity index (χ2n) is 2.81. The van der Waals surface area contributed by atoms with Crippen LogP contribution in [-0.4, -0.2) is 9.97 Å². The SMILES string of the molecule is Cc1ncc(/C=C/c2ccsc2)[nH]1. The number of H-pyrrole nitrogens is 1. The van der Waals surface area contributed by atoms with E-state index in [9.17, 15) is 0 Å². The molecule has 0 saturated carbocycles. The van der Waals surface area contributed by atoms with Gasteiger partial charge in [-0.15, -0.1) is 0 Å². The highest BCUT2D eigenvalue weighted by Gasteiger charge is 1.90. The highest BCUT2D eigenvalue weighted by atomic mass is 32.1. The molecule has 0 radical (unpaired) electrons. The van der Waals surface area contributed by atoms with Gasteiger partial charge in [0, 0.05) is 0 Å². The molecule has 2 nitrogen and oxygen atoms in total. The summed E-state index contributed by atoms with van der Waals surface area (Å²) in [6.07, 6.45) is 5.93. The van der Waals surface area contributed by atoms with Crippen molar-refractivity contribution in [2.24, 2.45) is 0 Å². The third kappa shape index (κ3) is 2.06. The zero-order valence-electron chi connectivity index (χ0n) is 7.32. The molecule has 0 bridgehead atoms. The predicted octanol–water partition coefficient (Wildman–Crippen LogP) is 2.95. The second-order valence-corrected chi connectivity index (χ2v) is 3.59. The lowest BCUT2D eigenvalue weighted by Crippen LogP contribution is -1.72. The Kier molecular flexibility index (Phi) is 2.27. The van der Waals surface area contributed by atoms with Crippen molar-refractivity contribution in [1.82, 2.24) is 9.97 Å². The minimum Gasteiger partial charge on any atom is -0.343 e. The standard InChI is InChI=1S/C10H10N2S/c1-8-11-6-10(12-8)3-2-9-4-5-13-7-9/h2-7H,1H3,(H,11,12)/b3-2+. The quantitative estimate of drug-likeness (QED) is 0.775. The summed E-state index contributed by atoms with van der Waals surface area (Å²) in [6, 6.07) is 2.09. The van der Waals surface area contributed by atoms with E-state index in [1.165, 1.54) is 5.56 Å². The van der Waals surface area contributed by atoms with Crippen molar-refractivity contribution in [1.29, 1.82) is 0 Å². The monoisotopic (exact) mass is 190 g/mol. The molecule has 1 N–H and O–H groups in total. The molecule has 0 aliphatic rings. The van der Waals surface area contributed by atoms with E-state index in [4.69, 9.17) is 0 Å². The first-order valence-electron chi connectivity index (χ1n) is 4.06. The average Bonchev–Trinajstić information content (AvgIpc) is 2.71. The molecule has 2 aromatic rings. The van der Waals surface area contributed by atoms with E-state index >= 15 is 0 Å². The van der Waals surface area contributed by atoms with Gasteiger partial charge in [0.05, 0.1) is 11.9 Å². The van der Waals surface area contributed by atoms with Crippen LogP contribution >= 0.6 is 11.3 Å². The summed E-state index contributed by atoms with van der Waals surface area (Å²) in [5.74, 6) is 0.949. The second kappa shape index (κ2) is 3.58. The Morgan fingerprint density at radius 3 is 3.00 bits per heavy atom. The normalized spacial score (nSPS) is 11.2. The molecule has 0 unspecified atom stereocenters. The van der Waals surface area contributed by atoms with E-state index in [-0.39, 0.29) is 0 Å². The zero-order valence-corrected chi connectivity index (χ0v) is 8.14. The minimum atomic E-state index is 0.949. The maximum absolute atomic E-state index is 4.11. The third-order valence-corrected chi connectivity index (χ3v) is 2.42. The summed E-state index contributed by atoms with van der Waals surface area (Å²) in [6.45, 7) is 1.95. The lowest BCUT2D eigenvalue weighted by molar-refractivity contribution is 1.15. The van der Waals surface area contributed by atoms with Gasteiger partial charge in [-0.3, -0.25) is 0 Å². The lowest BCUT2D eigenvalue weighted by Gasteiger charge is -1.84. The fourth-order valence-corrected chi connectivity index (χ4v) is 1.71. The number of aryl methyl sites for hydroxylation is 1. The van der Waals surface area contributed by atoms with Gasteiger partial charge in [-0.05, 0) is 35.4 Å². The Labute approximate surface area is 81.0 Å². The predicted molar refractivity (Wildman–Crippen MR) is 56.6 cm³/mol. The molecular weight excluding hydrogens is 180 g/mol. The van der Waals surface area contributed by atoms with E-state index in [1.54, 1.807) is 11.3 Å². The summed E-state index contributed by atoms with van der Waals surface area (Å²) < 4.78 is 0. The molecule has 0 aromatic carbocycles. The largest absolute Gasteiger partial charge is 0.343 e. The van der Waals surface area contributed by atoms with Crippen molar-refractivity contribution in [3.05, 3.63) is 40.1 Å². The molecule has 66 valence electrons. The number of rotatable bonds is 2. The van der Waals surface area contributed by atoms with Gasteiger partial charge < -0.3 is 4.98 Å². The van der Waals surface area contributed by atoms with Gasteiger partial charge in [0.25, 0.3) is 0 Å². The molecule has 2 aromatic heterocycles. The van der Waals surface area contributed by atoms with Crippen molar-refractivity contribution in [3.8, 4) is 0 Å². The highest BCUT2D eigenvalue weighted by molar-refractivity contribution is 7.08. The van der Waals surface area contributed by atoms with Crippen LogP contribution in [0.15, 0.2) is 23.0 Å². The van der Waals surface area contributed by atoms with Crippen LogP contribution in [0, 0.1) is 6.92 Å². The van der Waals surface area contributed by atoms with Gasteiger partial charge in [-0.2, -0.15) is 11.3 Å². The van der Waals surface area contributed by atoms with Crippen LogP contribution in [0.3, 0.4) is 0 Å². The molecule has 0 aliphatic heterocycles.